The van der Waals surface area contributed by atoms with Gasteiger partial charge in [-0.15, -0.1) is 0 Å². The van der Waals surface area contributed by atoms with Gasteiger partial charge in [0.05, 0.1) is 0 Å². The lowest BCUT2D eigenvalue weighted by atomic mass is 9.73. The maximum Gasteiger partial charge on any atom is -0.0200 e. The Morgan fingerprint density at radius 1 is 1.38 bits per heavy atom. The molecule has 1 saturated carbocycles. The van der Waals surface area contributed by atoms with E-state index in [1.54, 1.807) is 5.57 Å². The Morgan fingerprint density at radius 3 is 2.75 bits per heavy atom. The Hall–Kier alpha value is -0.260. The second-order valence-corrected chi connectivity index (χ2v) is 2.95. The van der Waals surface area contributed by atoms with E-state index >= 15 is 0 Å². The predicted molar refractivity (Wildman–Crippen MR) is 34.7 cm³/mol. The molecule has 0 heteroatoms. The SMILES string of the molecule is C1=C2CC[C@@H]2CCC1. The van der Waals surface area contributed by atoms with Gasteiger partial charge in [-0.2, -0.15) is 0 Å². The molecule has 2 aliphatic rings. The normalized spacial score (nSPS) is 35.0. The summed E-state index contributed by atoms with van der Waals surface area (Å²) >= 11 is 0. The van der Waals surface area contributed by atoms with E-state index in [0.717, 1.165) is 5.92 Å². The Balaban J connectivity index is 2.13. The van der Waals surface area contributed by atoms with Gasteiger partial charge in [0.15, 0.2) is 0 Å². The van der Waals surface area contributed by atoms with Crippen LogP contribution >= 0.6 is 0 Å². The molecule has 0 heterocycles. The molecule has 1 fully saturated rings. The van der Waals surface area contributed by atoms with Crippen molar-refractivity contribution >= 4 is 0 Å². The molecule has 44 valence electrons. The van der Waals surface area contributed by atoms with Gasteiger partial charge in [0.1, 0.15) is 0 Å². The fraction of sp³-hybridized carbons (Fsp3) is 0.750. The third-order valence-corrected chi connectivity index (χ3v) is 2.47. The average Bonchev–Trinajstić information content (AvgIpc) is 1.72. The van der Waals surface area contributed by atoms with Crippen molar-refractivity contribution in [3.63, 3.8) is 0 Å². The van der Waals surface area contributed by atoms with E-state index in [4.69, 9.17) is 0 Å². The average molecular weight is 108 g/mol. The molecule has 0 amide bonds. The first-order valence-electron chi connectivity index (χ1n) is 3.66. The first-order valence-corrected chi connectivity index (χ1v) is 3.66. The van der Waals surface area contributed by atoms with Gasteiger partial charge in [-0.05, 0) is 38.0 Å². The zero-order chi connectivity index (χ0) is 5.40. The maximum absolute atomic E-state index is 2.46. The van der Waals surface area contributed by atoms with Gasteiger partial charge in [0, 0.05) is 0 Å². The van der Waals surface area contributed by atoms with Crippen molar-refractivity contribution in [1.82, 2.24) is 0 Å². The summed E-state index contributed by atoms with van der Waals surface area (Å²) in [5.74, 6) is 1.05. The topological polar surface area (TPSA) is 0 Å². The monoisotopic (exact) mass is 108 g/mol. The Labute approximate surface area is 50.6 Å². The maximum atomic E-state index is 2.46. The molecule has 0 N–H and O–H groups in total. The van der Waals surface area contributed by atoms with Crippen molar-refractivity contribution in [3.05, 3.63) is 11.6 Å². The van der Waals surface area contributed by atoms with Crippen molar-refractivity contribution in [2.45, 2.75) is 32.1 Å². The number of rotatable bonds is 0. The van der Waals surface area contributed by atoms with E-state index in [-0.39, 0.29) is 0 Å². The first-order chi connectivity index (χ1) is 3.97. The second-order valence-electron chi connectivity index (χ2n) is 2.95. The van der Waals surface area contributed by atoms with Gasteiger partial charge in [0.2, 0.25) is 0 Å². The molecule has 0 unspecified atom stereocenters. The minimum atomic E-state index is 1.05. The highest BCUT2D eigenvalue weighted by Crippen LogP contribution is 2.40. The van der Waals surface area contributed by atoms with Crippen LogP contribution in [0.2, 0.25) is 0 Å². The van der Waals surface area contributed by atoms with Crippen LogP contribution in [-0.4, -0.2) is 0 Å². The Morgan fingerprint density at radius 2 is 2.38 bits per heavy atom. The van der Waals surface area contributed by atoms with E-state index in [1.165, 1.54) is 32.1 Å². The molecule has 2 rings (SSSR count). The molecule has 0 spiro atoms. The number of fused-ring (bicyclic) bond motifs is 1. The largest absolute Gasteiger partial charge is 0.0851 e. The highest BCUT2D eigenvalue weighted by atomic mass is 14.3. The number of allylic oxidation sites excluding steroid dienone is 2. The van der Waals surface area contributed by atoms with Crippen LogP contribution in [0, 0.1) is 5.92 Å². The Kier molecular flexibility index (Phi) is 0.927. The second kappa shape index (κ2) is 1.61. The van der Waals surface area contributed by atoms with Crippen molar-refractivity contribution < 1.29 is 0 Å². The van der Waals surface area contributed by atoms with Crippen LogP contribution in [0.25, 0.3) is 0 Å². The molecule has 0 aliphatic heterocycles. The van der Waals surface area contributed by atoms with Crippen LogP contribution in [0.3, 0.4) is 0 Å². The molecule has 0 bridgehead atoms. The fourth-order valence-electron chi connectivity index (χ4n) is 1.77. The smallest absolute Gasteiger partial charge is 0.0200 e. The van der Waals surface area contributed by atoms with Crippen molar-refractivity contribution in [3.8, 4) is 0 Å². The highest BCUT2D eigenvalue weighted by Gasteiger charge is 2.24. The van der Waals surface area contributed by atoms with E-state index in [2.05, 4.69) is 6.08 Å². The zero-order valence-electron chi connectivity index (χ0n) is 5.19. The Bertz CT molecular complexity index is 122. The zero-order valence-corrected chi connectivity index (χ0v) is 5.19. The van der Waals surface area contributed by atoms with Crippen LogP contribution < -0.4 is 0 Å². The van der Waals surface area contributed by atoms with Gasteiger partial charge < -0.3 is 0 Å². The van der Waals surface area contributed by atoms with Gasteiger partial charge >= 0.3 is 0 Å². The van der Waals surface area contributed by atoms with Gasteiger partial charge in [-0.25, -0.2) is 0 Å². The van der Waals surface area contributed by atoms with Crippen molar-refractivity contribution in [2.75, 3.05) is 0 Å². The molecule has 8 heavy (non-hydrogen) atoms. The summed E-state index contributed by atoms with van der Waals surface area (Å²) in [6.07, 6.45) is 9.68. The highest BCUT2D eigenvalue weighted by molar-refractivity contribution is 5.17. The molecule has 0 aromatic rings. The number of hydrogen-bond donors (Lipinski definition) is 0. The van der Waals surface area contributed by atoms with Crippen molar-refractivity contribution in [2.24, 2.45) is 5.92 Å². The van der Waals surface area contributed by atoms with Crippen LogP contribution in [-0.2, 0) is 0 Å². The number of hydrogen-bond acceptors (Lipinski definition) is 0. The molecule has 0 saturated heterocycles. The van der Waals surface area contributed by atoms with Gasteiger partial charge in [-0.3, -0.25) is 0 Å². The summed E-state index contributed by atoms with van der Waals surface area (Å²) in [6, 6.07) is 0. The summed E-state index contributed by atoms with van der Waals surface area (Å²) in [6.45, 7) is 0. The van der Waals surface area contributed by atoms with E-state index in [0.29, 0.717) is 0 Å². The predicted octanol–water partition coefficient (Wildman–Crippen LogP) is 2.51. The van der Waals surface area contributed by atoms with Crippen LogP contribution in [0.4, 0.5) is 0 Å². The molecule has 0 nitrogen and oxygen atoms in total. The van der Waals surface area contributed by atoms with Gasteiger partial charge in [-0.1, -0.05) is 11.6 Å². The van der Waals surface area contributed by atoms with Crippen LogP contribution in [0.1, 0.15) is 32.1 Å². The third-order valence-electron chi connectivity index (χ3n) is 2.47. The van der Waals surface area contributed by atoms with Crippen molar-refractivity contribution in [1.29, 1.82) is 0 Å². The van der Waals surface area contributed by atoms with Gasteiger partial charge in [0.25, 0.3) is 0 Å². The quantitative estimate of drug-likeness (QED) is 0.418. The molecule has 0 aromatic heterocycles. The molecular weight excluding hydrogens is 96.1 g/mol. The third kappa shape index (κ3) is 0.521. The summed E-state index contributed by atoms with van der Waals surface area (Å²) in [5.41, 5.74) is 1.77. The standard InChI is InChI=1S/C8H12/c1-2-4-8-6-5-7(8)3-1/h3,8H,1-2,4-6H2/t8-/m0/s1. The summed E-state index contributed by atoms with van der Waals surface area (Å²) < 4.78 is 0. The van der Waals surface area contributed by atoms with E-state index < -0.39 is 0 Å². The summed E-state index contributed by atoms with van der Waals surface area (Å²) in [5, 5.41) is 0. The fourth-order valence-corrected chi connectivity index (χ4v) is 1.77. The lowest BCUT2D eigenvalue weighted by molar-refractivity contribution is 0.382. The minimum Gasteiger partial charge on any atom is -0.0851 e. The summed E-state index contributed by atoms with van der Waals surface area (Å²) in [4.78, 5) is 0. The van der Waals surface area contributed by atoms with E-state index in [1.807, 2.05) is 0 Å². The molecule has 0 radical (unpaired) electrons. The molecular formula is C8H12. The van der Waals surface area contributed by atoms with E-state index in [9.17, 15) is 0 Å². The lowest BCUT2D eigenvalue weighted by Gasteiger charge is -2.33. The summed E-state index contributed by atoms with van der Waals surface area (Å²) in [7, 11) is 0. The van der Waals surface area contributed by atoms with Crippen LogP contribution in [0.5, 0.6) is 0 Å². The molecule has 2 aliphatic carbocycles. The molecule has 0 aromatic carbocycles. The van der Waals surface area contributed by atoms with Crippen LogP contribution in [0.15, 0.2) is 11.6 Å². The minimum absolute atomic E-state index is 1.05. The first kappa shape index (κ1) is 4.60. The lowest BCUT2D eigenvalue weighted by Crippen LogP contribution is -2.17. The molecule has 1 atom stereocenters.